The maximum Gasteiger partial charge on any atom is 0.322 e. The minimum Gasteiger partial charge on any atom is -0.482 e. The van der Waals surface area contributed by atoms with E-state index in [2.05, 4.69) is 25.6 Å². The summed E-state index contributed by atoms with van der Waals surface area (Å²) in [6.45, 7) is 2.90. The van der Waals surface area contributed by atoms with Crippen LogP contribution in [0.2, 0.25) is 0 Å². The lowest BCUT2D eigenvalue weighted by atomic mass is 10.1. The van der Waals surface area contributed by atoms with Crippen molar-refractivity contribution in [2.24, 2.45) is 7.05 Å². The molecule has 1 atom stereocenters. The number of imide groups is 1. The van der Waals surface area contributed by atoms with Crippen LogP contribution >= 0.6 is 0 Å². The van der Waals surface area contributed by atoms with Crippen LogP contribution in [0.4, 0.5) is 10.7 Å². The fraction of sp³-hybridized carbons (Fsp3) is 0.500. The van der Waals surface area contributed by atoms with Gasteiger partial charge >= 0.3 is 6.03 Å². The molecule has 4 heterocycles. The SMILES string of the molecule is Cn1ccnc1COc1cnc(N2CCN(S(=O)(=O)C[C@@]3(C)NC(=O)NC3=O)CC2)nc1. The topological polar surface area (TPSA) is 152 Å². The van der Waals surface area contributed by atoms with E-state index in [1.54, 1.807) is 18.6 Å². The zero-order chi connectivity index (χ0) is 22.9. The normalized spacial score (nSPS) is 22.0. The average molecular weight is 465 g/mol. The Hall–Kier alpha value is -3.26. The van der Waals surface area contributed by atoms with E-state index in [-0.39, 0.29) is 13.1 Å². The number of piperazine rings is 1. The molecule has 0 bridgehead atoms. The van der Waals surface area contributed by atoms with Crippen LogP contribution in [-0.4, -0.2) is 81.7 Å². The molecule has 0 saturated carbocycles. The largest absolute Gasteiger partial charge is 0.482 e. The number of aryl methyl sites for hydroxylation is 1. The molecule has 0 aliphatic carbocycles. The molecule has 0 radical (unpaired) electrons. The first-order valence-corrected chi connectivity index (χ1v) is 11.5. The minimum absolute atomic E-state index is 0.217. The lowest BCUT2D eigenvalue weighted by molar-refractivity contribution is -0.122. The summed E-state index contributed by atoms with van der Waals surface area (Å²) < 4.78 is 34.4. The summed E-state index contributed by atoms with van der Waals surface area (Å²) in [6, 6.07) is -0.693. The van der Waals surface area contributed by atoms with E-state index in [1.165, 1.54) is 11.2 Å². The van der Waals surface area contributed by atoms with Crippen LogP contribution in [0.15, 0.2) is 24.8 Å². The van der Waals surface area contributed by atoms with Crippen molar-refractivity contribution < 1.29 is 22.7 Å². The molecule has 0 unspecified atom stereocenters. The maximum atomic E-state index is 12.8. The highest BCUT2D eigenvalue weighted by molar-refractivity contribution is 7.89. The third-order valence-corrected chi connectivity index (χ3v) is 7.50. The fourth-order valence-electron chi connectivity index (χ4n) is 3.53. The van der Waals surface area contributed by atoms with Gasteiger partial charge in [0.1, 0.15) is 18.0 Å². The Bertz CT molecular complexity index is 1110. The quantitative estimate of drug-likeness (QED) is 0.483. The first-order chi connectivity index (χ1) is 15.2. The van der Waals surface area contributed by atoms with Crippen LogP contribution < -0.4 is 20.3 Å². The van der Waals surface area contributed by atoms with E-state index in [0.717, 1.165) is 5.82 Å². The summed E-state index contributed by atoms with van der Waals surface area (Å²) in [5, 5.41) is 4.46. The van der Waals surface area contributed by atoms with E-state index in [1.807, 2.05) is 22.7 Å². The minimum atomic E-state index is -3.76. The number of amides is 3. The molecular formula is C18H24N8O5S. The molecule has 3 amide bonds. The summed E-state index contributed by atoms with van der Waals surface area (Å²) in [5.74, 6) is 0.595. The number of carbonyl (C=O) groups excluding carboxylic acids is 2. The van der Waals surface area contributed by atoms with E-state index in [0.29, 0.717) is 31.4 Å². The summed E-state index contributed by atoms with van der Waals surface area (Å²) in [5.41, 5.74) is -1.49. The Morgan fingerprint density at radius 1 is 1.12 bits per heavy atom. The van der Waals surface area contributed by atoms with Crippen molar-refractivity contribution in [3.05, 3.63) is 30.6 Å². The summed E-state index contributed by atoms with van der Waals surface area (Å²) in [7, 11) is -1.88. The molecular weight excluding hydrogens is 440 g/mol. The van der Waals surface area contributed by atoms with Gasteiger partial charge in [0.25, 0.3) is 5.91 Å². The molecule has 0 aromatic carbocycles. The molecule has 2 aromatic heterocycles. The van der Waals surface area contributed by atoms with Crippen molar-refractivity contribution in [1.82, 2.24) is 34.5 Å². The zero-order valence-corrected chi connectivity index (χ0v) is 18.5. The molecule has 172 valence electrons. The number of imidazole rings is 1. The van der Waals surface area contributed by atoms with E-state index < -0.39 is 33.3 Å². The monoisotopic (exact) mass is 464 g/mol. The molecule has 4 rings (SSSR count). The van der Waals surface area contributed by atoms with Crippen molar-refractivity contribution in [2.75, 3.05) is 36.8 Å². The molecule has 0 spiro atoms. The van der Waals surface area contributed by atoms with Gasteiger partial charge in [0, 0.05) is 45.6 Å². The number of nitrogens with one attached hydrogen (secondary N) is 2. The van der Waals surface area contributed by atoms with Gasteiger partial charge in [0.15, 0.2) is 5.75 Å². The number of nitrogens with zero attached hydrogens (tertiary/aromatic N) is 6. The first-order valence-electron chi connectivity index (χ1n) is 9.94. The molecule has 2 aliphatic heterocycles. The highest BCUT2D eigenvalue weighted by Gasteiger charge is 2.46. The van der Waals surface area contributed by atoms with E-state index >= 15 is 0 Å². The lowest BCUT2D eigenvalue weighted by Crippen LogP contribution is -2.56. The van der Waals surface area contributed by atoms with Gasteiger partial charge < -0.3 is 19.5 Å². The standard InChI is InChI=1S/C18H24N8O5S/c1-18(15(27)22-17(28)23-18)12-32(29,30)26-7-5-25(6-8-26)16-20-9-13(10-21-16)31-11-14-19-3-4-24(14)2/h3-4,9-10H,5-8,11-12H2,1-2H3,(H2,22,23,27,28)/t18-/m1/s1. The van der Waals surface area contributed by atoms with Gasteiger partial charge in [0.2, 0.25) is 16.0 Å². The van der Waals surface area contributed by atoms with Gasteiger partial charge in [-0.15, -0.1) is 0 Å². The van der Waals surface area contributed by atoms with Crippen LogP contribution in [0, 0.1) is 0 Å². The van der Waals surface area contributed by atoms with Crippen LogP contribution in [-0.2, 0) is 28.5 Å². The molecule has 2 aliphatic rings. The maximum absolute atomic E-state index is 12.8. The van der Waals surface area contributed by atoms with Gasteiger partial charge in [-0.2, -0.15) is 4.31 Å². The van der Waals surface area contributed by atoms with Gasteiger partial charge in [-0.05, 0) is 6.92 Å². The number of hydrogen-bond acceptors (Lipinski definition) is 9. The zero-order valence-electron chi connectivity index (χ0n) is 17.7. The highest BCUT2D eigenvalue weighted by atomic mass is 32.2. The van der Waals surface area contributed by atoms with Crippen LogP contribution in [0.5, 0.6) is 5.75 Å². The molecule has 2 aromatic rings. The van der Waals surface area contributed by atoms with Crippen molar-refractivity contribution in [3.63, 3.8) is 0 Å². The Morgan fingerprint density at radius 2 is 1.81 bits per heavy atom. The smallest absolute Gasteiger partial charge is 0.322 e. The Balaban J connectivity index is 1.31. The van der Waals surface area contributed by atoms with Crippen molar-refractivity contribution in [2.45, 2.75) is 19.1 Å². The Morgan fingerprint density at radius 3 is 2.38 bits per heavy atom. The second-order valence-electron chi connectivity index (χ2n) is 7.84. The Labute approximate surface area is 184 Å². The summed E-state index contributed by atoms with van der Waals surface area (Å²) >= 11 is 0. The van der Waals surface area contributed by atoms with E-state index in [4.69, 9.17) is 4.74 Å². The van der Waals surface area contributed by atoms with Crippen molar-refractivity contribution >= 4 is 27.9 Å². The summed E-state index contributed by atoms with van der Waals surface area (Å²) in [4.78, 5) is 38.0. The second kappa shape index (κ2) is 8.35. The first kappa shape index (κ1) is 22.0. The van der Waals surface area contributed by atoms with Crippen LogP contribution in [0.1, 0.15) is 12.7 Å². The van der Waals surface area contributed by atoms with Crippen LogP contribution in [0.25, 0.3) is 0 Å². The molecule has 2 fully saturated rings. The average Bonchev–Trinajstić information content (AvgIpc) is 3.27. The predicted octanol–water partition coefficient (Wildman–Crippen LogP) is -1.16. The van der Waals surface area contributed by atoms with Crippen LogP contribution in [0.3, 0.4) is 0 Å². The lowest BCUT2D eigenvalue weighted by Gasteiger charge is -2.35. The second-order valence-corrected chi connectivity index (χ2v) is 9.81. The number of aromatic nitrogens is 4. The number of urea groups is 1. The highest BCUT2D eigenvalue weighted by Crippen LogP contribution is 2.19. The number of hydrogen-bond donors (Lipinski definition) is 2. The van der Waals surface area contributed by atoms with Crippen molar-refractivity contribution in [1.29, 1.82) is 0 Å². The molecule has 2 saturated heterocycles. The van der Waals surface area contributed by atoms with Gasteiger partial charge in [-0.3, -0.25) is 10.1 Å². The number of ether oxygens (including phenoxy) is 1. The molecule has 14 heteroatoms. The Kier molecular flexibility index (Phi) is 5.73. The third-order valence-electron chi connectivity index (χ3n) is 5.41. The van der Waals surface area contributed by atoms with Gasteiger partial charge in [-0.1, -0.05) is 0 Å². The van der Waals surface area contributed by atoms with E-state index in [9.17, 15) is 18.0 Å². The third kappa shape index (κ3) is 4.50. The predicted molar refractivity (Wildman–Crippen MR) is 112 cm³/mol. The molecule has 13 nitrogen and oxygen atoms in total. The van der Waals surface area contributed by atoms with Gasteiger partial charge in [0.05, 0.1) is 18.1 Å². The number of carbonyl (C=O) groups is 2. The number of sulfonamides is 1. The molecule has 2 N–H and O–H groups in total. The molecule has 32 heavy (non-hydrogen) atoms. The number of anilines is 1. The van der Waals surface area contributed by atoms with Gasteiger partial charge in [-0.25, -0.2) is 28.2 Å². The fourth-order valence-corrected chi connectivity index (χ4v) is 5.37. The summed E-state index contributed by atoms with van der Waals surface area (Å²) in [6.07, 6.45) is 6.65. The van der Waals surface area contributed by atoms with Crippen molar-refractivity contribution in [3.8, 4) is 5.75 Å². The number of rotatable bonds is 7.